The van der Waals surface area contributed by atoms with Crippen molar-refractivity contribution >= 4 is 12.0 Å². The van der Waals surface area contributed by atoms with Gasteiger partial charge in [0.2, 0.25) is 5.91 Å². The maximum Gasteiger partial charge on any atom is 0.243 e. The molecular weight excluding hydrogens is 284 g/mol. The van der Waals surface area contributed by atoms with Crippen LogP contribution in [0.2, 0.25) is 0 Å². The lowest BCUT2D eigenvalue weighted by Gasteiger charge is -2.26. The second-order valence-electron chi connectivity index (χ2n) is 5.18. The molecule has 1 amide bonds. The number of rotatable bonds is 6. The largest absolute Gasteiger partial charge is 0.504 e. The third kappa shape index (κ3) is 5.38. The molecule has 1 heterocycles. The van der Waals surface area contributed by atoms with Crippen LogP contribution in [0.25, 0.3) is 6.08 Å². The Balaban J connectivity index is 1.66. The van der Waals surface area contributed by atoms with Gasteiger partial charge in [-0.25, -0.2) is 0 Å². The summed E-state index contributed by atoms with van der Waals surface area (Å²) in [5, 5.41) is 21.4. The number of nitrogens with one attached hydrogen (secondary N) is 1. The minimum atomic E-state index is -0.201. The van der Waals surface area contributed by atoms with E-state index in [9.17, 15) is 15.0 Å². The third-order valence-corrected chi connectivity index (χ3v) is 3.48. The van der Waals surface area contributed by atoms with Gasteiger partial charge in [-0.2, -0.15) is 0 Å². The molecule has 2 rings (SSSR count). The molecule has 1 aliphatic heterocycles. The van der Waals surface area contributed by atoms with Crippen molar-refractivity contribution in [3.05, 3.63) is 29.8 Å². The molecule has 120 valence electrons. The number of carbonyl (C=O) groups is 1. The van der Waals surface area contributed by atoms with Crippen LogP contribution >= 0.6 is 0 Å². The molecule has 0 aromatic heterocycles. The monoisotopic (exact) mass is 306 g/mol. The van der Waals surface area contributed by atoms with E-state index in [1.165, 1.54) is 18.2 Å². The maximum absolute atomic E-state index is 11.7. The molecule has 0 spiro atoms. The van der Waals surface area contributed by atoms with Gasteiger partial charge in [0.25, 0.3) is 0 Å². The summed E-state index contributed by atoms with van der Waals surface area (Å²) < 4.78 is 5.28. The number of ether oxygens (including phenoxy) is 1. The van der Waals surface area contributed by atoms with Gasteiger partial charge in [0.05, 0.1) is 13.2 Å². The van der Waals surface area contributed by atoms with E-state index in [1.807, 2.05) is 0 Å². The molecule has 1 aliphatic rings. The number of carbonyl (C=O) groups excluding carboxylic acids is 1. The average molecular weight is 306 g/mol. The van der Waals surface area contributed by atoms with Gasteiger partial charge in [-0.3, -0.25) is 9.69 Å². The zero-order valence-electron chi connectivity index (χ0n) is 12.5. The summed E-state index contributed by atoms with van der Waals surface area (Å²) in [5.74, 6) is -0.549. The molecule has 0 radical (unpaired) electrons. The van der Waals surface area contributed by atoms with E-state index in [1.54, 1.807) is 12.1 Å². The Morgan fingerprint density at radius 3 is 2.77 bits per heavy atom. The van der Waals surface area contributed by atoms with Crippen LogP contribution in [0.15, 0.2) is 24.3 Å². The Labute approximate surface area is 130 Å². The highest BCUT2D eigenvalue weighted by atomic mass is 16.5. The van der Waals surface area contributed by atoms with Gasteiger partial charge in [0, 0.05) is 25.7 Å². The quantitative estimate of drug-likeness (QED) is 0.414. The Kier molecular flexibility index (Phi) is 6.24. The van der Waals surface area contributed by atoms with Gasteiger partial charge in [0.1, 0.15) is 0 Å². The molecule has 0 aliphatic carbocycles. The predicted octanol–water partition coefficient (Wildman–Crippen LogP) is 0.949. The summed E-state index contributed by atoms with van der Waals surface area (Å²) in [6.07, 6.45) is 3.91. The zero-order chi connectivity index (χ0) is 15.8. The molecule has 1 aromatic carbocycles. The van der Waals surface area contributed by atoms with Crippen LogP contribution in [0.1, 0.15) is 12.0 Å². The fourth-order valence-corrected chi connectivity index (χ4v) is 2.21. The summed E-state index contributed by atoms with van der Waals surface area (Å²) in [6, 6.07) is 4.41. The number of phenols is 2. The zero-order valence-corrected chi connectivity index (χ0v) is 12.5. The molecule has 1 saturated heterocycles. The van der Waals surface area contributed by atoms with E-state index >= 15 is 0 Å². The molecule has 0 unspecified atom stereocenters. The smallest absolute Gasteiger partial charge is 0.243 e. The van der Waals surface area contributed by atoms with Crippen LogP contribution in [0, 0.1) is 0 Å². The van der Waals surface area contributed by atoms with Gasteiger partial charge in [-0.1, -0.05) is 6.07 Å². The molecule has 0 atom stereocenters. The van der Waals surface area contributed by atoms with Crippen molar-refractivity contribution in [2.24, 2.45) is 0 Å². The molecule has 6 heteroatoms. The molecule has 0 saturated carbocycles. The number of benzene rings is 1. The van der Waals surface area contributed by atoms with Crippen LogP contribution in [0.3, 0.4) is 0 Å². The van der Waals surface area contributed by atoms with E-state index in [-0.39, 0.29) is 17.4 Å². The minimum absolute atomic E-state index is 0.172. The second kappa shape index (κ2) is 8.41. The first-order chi connectivity index (χ1) is 10.6. The van der Waals surface area contributed by atoms with E-state index in [2.05, 4.69) is 10.2 Å². The molecular formula is C16H22N2O4. The number of phenolic OH excluding ortho intramolecular Hbond substituents is 2. The highest BCUT2D eigenvalue weighted by molar-refractivity contribution is 5.91. The van der Waals surface area contributed by atoms with Crippen molar-refractivity contribution in [2.75, 3.05) is 39.4 Å². The van der Waals surface area contributed by atoms with Crippen LogP contribution < -0.4 is 5.32 Å². The van der Waals surface area contributed by atoms with E-state index in [0.29, 0.717) is 12.1 Å². The van der Waals surface area contributed by atoms with Crippen LogP contribution in [-0.4, -0.2) is 60.4 Å². The summed E-state index contributed by atoms with van der Waals surface area (Å²) in [7, 11) is 0. The van der Waals surface area contributed by atoms with Gasteiger partial charge in [-0.15, -0.1) is 0 Å². The van der Waals surface area contributed by atoms with Crippen molar-refractivity contribution in [3.8, 4) is 11.5 Å². The van der Waals surface area contributed by atoms with Crippen molar-refractivity contribution in [1.29, 1.82) is 0 Å². The summed E-state index contributed by atoms with van der Waals surface area (Å²) >= 11 is 0. The summed E-state index contributed by atoms with van der Waals surface area (Å²) in [5.41, 5.74) is 0.652. The average Bonchev–Trinajstić information content (AvgIpc) is 2.54. The van der Waals surface area contributed by atoms with Crippen LogP contribution in [-0.2, 0) is 9.53 Å². The predicted molar refractivity (Wildman–Crippen MR) is 83.7 cm³/mol. The van der Waals surface area contributed by atoms with Gasteiger partial charge >= 0.3 is 0 Å². The van der Waals surface area contributed by atoms with Crippen LogP contribution in [0.5, 0.6) is 11.5 Å². The Hall–Kier alpha value is -2.05. The van der Waals surface area contributed by atoms with Gasteiger partial charge in [0.15, 0.2) is 11.5 Å². The van der Waals surface area contributed by atoms with Crippen LogP contribution in [0.4, 0.5) is 0 Å². The van der Waals surface area contributed by atoms with Crippen molar-refractivity contribution in [3.63, 3.8) is 0 Å². The Bertz CT molecular complexity index is 525. The van der Waals surface area contributed by atoms with Gasteiger partial charge in [-0.05, 0) is 36.7 Å². The lowest BCUT2D eigenvalue weighted by molar-refractivity contribution is -0.116. The highest BCUT2D eigenvalue weighted by Gasteiger charge is 2.09. The highest BCUT2D eigenvalue weighted by Crippen LogP contribution is 2.25. The molecule has 6 nitrogen and oxygen atoms in total. The van der Waals surface area contributed by atoms with Crippen molar-refractivity contribution < 1.29 is 19.7 Å². The second-order valence-corrected chi connectivity index (χ2v) is 5.18. The number of aromatic hydroxyl groups is 2. The number of hydrogen-bond donors (Lipinski definition) is 3. The normalized spacial score (nSPS) is 16.0. The number of hydrogen-bond acceptors (Lipinski definition) is 5. The topological polar surface area (TPSA) is 82.0 Å². The van der Waals surface area contributed by atoms with E-state index < -0.39 is 0 Å². The molecule has 22 heavy (non-hydrogen) atoms. The SMILES string of the molecule is O=C(C=Cc1ccc(O)c(O)c1)NCCCN1CCOCC1. The Morgan fingerprint density at radius 1 is 1.27 bits per heavy atom. The molecule has 0 bridgehead atoms. The van der Waals surface area contributed by atoms with Crippen molar-refractivity contribution in [2.45, 2.75) is 6.42 Å². The minimum Gasteiger partial charge on any atom is -0.504 e. The number of morpholine rings is 1. The standard InChI is InChI=1S/C16H22N2O4/c19-14-4-2-13(12-15(14)20)3-5-16(21)17-6-1-7-18-8-10-22-11-9-18/h2-5,12,19-20H,1,6-11H2,(H,17,21). The third-order valence-electron chi connectivity index (χ3n) is 3.48. The fourth-order valence-electron chi connectivity index (χ4n) is 2.21. The molecule has 1 aromatic rings. The first-order valence-electron chi connectivity index (χ1n) is 7.43. The maximum atomic E-state index is 11.7. The first-order valence-corrected chi connectivity index (χ1v) is 7.43. The van der Waals surface area contributed by atoms with E-state index in [0.717, 1.165) is 39.3 Å². The first kappa shape index (κ1) is 16.3. The van der Waals surface area contributed by atoms with E-state index in [4.69, 9.17) is 4.74 Å². The lowest BCUT2D eigenvalue weighted by Crippen LogP contribution is -2.38. The van der Waals surface area contributed by atoms with Crippen molar-refractivity contribution in [1.82, 2.24) is 10.2 Å². The molecule has 3 N–H and O–H groups in total. The number of amides is 1. The lowest BCUT2D eigenvalue weighted by atomic mass is 10.2. The molecule has 1 fully saturated rings. The summed E-state index contributed by atoms with van der Waals surface area (Å²) in [4.78, 5) is 14.0. The Morgan fingerprint density at radius 2 is 2.05 bits per heavy atom. The fraction of sp³-hybridized carbons (Fsp3) is 0.438. The van der Waals surface area contributed by atoms with Gasteiger partial charge < -0.3 is 20.3 Å². The number of nitrogens with zero attached hydrogens (tertiary/aromatic N) is 1. The summed E-state index contributed by atoms with van der Waals surface area (Å²) in [6.45, 7) is 5.07.